The number of hydrogen-bond donors (Lipinski definition) is 4. The summed E-state index contributed by atoms with van der Waals surface area (Å²) in [5.74, 6) is -2.16. The van der Waals surface area contributed by atoms with Gasteiger partial charge in [0.2, 0.25) is 23.6 Å². The van der Waals surface area contributed by atoms with E-state index in [-0.39, 0.29) is 49.3 Å². The summed E-state index contributed by atoms with van der Waals surface area (Å²) in [5.41, 5.74) is 1.71. The van der Waals surface area contributed by atoms with Crippen LogP contribution in [-0.2, 0) is 42.8 Å². The topological polar surface area (TPSA) is 123 Å². The monoisotopic (exact) mass is 700 g/mol. The summed E-state index contributed by atoms with van der Waals surface area (Å²) in [7, 11) is 0. The number of carbonyl (C=O) groups is 4. The standard InChI is InChI=1S/C40H34F2N6O4/c41-23-11-13-25-27(17-23)45-37-39(25,19-31-33(49)43-29(35(51)47(31)37)15-21-7-3-1-4-8-21)40-20-32-34(50)44-30(16-22-9-5-2-6-10-22)36(52)48(32)38(40)46-28-18-24(42)12-14-26(28)40/h1-14,17-18,29-32,37-38,45-46H,15-16,19-20H2,(H,43,49)(H,44,50)/t29-,30-,31-,32-,37+,38+,39-,40-/m0/s1. The van der Waals surface area contributed by atoms with E-state index < -0.39 is 59.0 Å². The summed E-state index contributed by atoms with van der Waals surface area (Å²) >= 11 is 0. The van der Waals surface area contributed by atoms with Crippen LogP contribution in [0.25, 0.3) is 0 Å². The summed E-state index contributed by atoms with van der Waals surface area (Å²) < 4.78 is 30.0. The summed E-state index contributed by atoms with van der Waals surface area (Å²) in [6.07, 6.45) is -0.909. The number of nitrogens with one attached hydrogen (secondary N) is 4. The van der Waals surface area contributed by atoms with E-state index in [0.717, 1.165) is 11.1 Å². The van der Waals surface area contributed by atoms with Gasteiger partial charge in [0.25, 0.3) is 0 Å². The van der Waals surface area contributed by atoms with Gasteiger partial charge in [0.1, 0.15) is 48.1 Å². The predicted molar refractivity (Wildman–Crippen MR) is 186 cm³/mol. The lowest BCUT2D eigenvalue weighted by Gasteiger charge is -2.48. The fourth-order valence-corrected chi connectivity index (χ4v) is 10.4. The molecule has 4 aromatic carbocycles. The van der Waals surface area contributed by atoms with E-state index in [2.05, 4.69) is 21.3 Å². The zero-order chi connectivity index (χ0) is 35.5. The molecule has 0 unspecified atom stereocenters. The first-order valence-electron chi connectivity index (χ1n) is 17.7. The minimum atomic E-state index is -1.16. The van der Waals surface area contributed by atoms with Crippen LogP contribution in [-0.4, -0.2) is 69.9 Å². The maximum atomic E-state index is 15.0. The minimum absolute atomic E-state index is 0.123. The number of anilines is 2. The van der Waals surface area contributed by atoms with Gasteiger partial charge in [-0.2, -0.15) is 0 Å². The second kappa shape index (κ2) is 10.9. The third-order valence-corrected chi connectivity index (χ3v) is 12.4. The average molecular weight is 701 g/mol. The molecule has 6 aliphatic heterocycles. The number of benzene rings is 4. The second-order valence-corrected chi connectivity index (χ2v) is 14.8. The van der Waals surface area contributed by atoms with Crippen LogP contribution in [0.3, 0.4) is 0 Å². The zero-order valence-corrected chi connectivity index (χ0v) is 27.8. The highest BCUT2D eigenvalue weighted by molar-refractivity contribution is 6.01. The lowest BCUT2D eigenvalue weighted by molar-refractivity contribution is -0.149. The van der Waals surface area contributed by atoms with Crippen molar-refractivity contribution in [2.45, 2.75) is 73.0 Å². The molecule has 6 aliphatic rings. The lowest BCUT2D eigenvalue weighted by atomic mass is 9.54. The fraction of sp³-hybridized carbons (Fsp3) is 0.300. The van der Waals surface area contributed by atoms with Gasteiger partial charge in [0, 0.05) is 24.2 Å². The van der Waals surface area contributed by atoms with Gasteiger partial charge in [-0.3, -0.25) is 19.2 Å². The number of hydrogen-bond acceptors (Lipinski definition) is 6. The van der Waals surface area contributed by atoms with Crippen LogP contribution < -0.4 is 21.3 Å². The SMILES string of the molecule is O=C1N[C@@H](Cc2ccccc2)C(=O)N2[C@H]3Nc4cc(F)ccc4[C@@]3([C@]34C[C@H]5C(=O)N[C@@H](Cc6ccccc6)C(=O)N5[C@H]3Nc3cc(F)ccc34)C[C@@H]12. The Morgan fingerprint density at radius 1 is 0.558 bits per heavy atom. The number of amides is 4. The van der Waals surface area contributed by atoms with Crippen molar-refractivity contribution >= 4 is 35.0 Å². The molecule has 8 atom stereocenters. The molecule has 0 radical (unpaired) electrons. The molecular formula is C40H34F2N6O4. The molecule has 4 amide bonds. The molecule has 4 saturated heterocycles. The van der Waals surface area contributed by atoms with Crippen molar-refractivity contribution in [2.75, 3.05) is 10.6 Å². The van der Waals surface area contributed by atoms with E-state index in [0.29, 0.717) is 22.5 Å². The van der Waals surface area contributed by atoms with Crippen molar-refractivity contribution in [3.63, 3.8) is 0 Å². The highest BCUT2D eigenvalue weighted by atomic mass is 19.1. The summed E-state index contributed by atoms with van der Waals surface area (Å²) in [6, 6.07) is 24.2. The molecule has 262 valence electrons. The van der Waals surface area contributed by atoms with Crippen molar-refractivity contribution in [1.82, 2.24) is 20.4 Å². The van der Waals surface area contributed by atoms with Crippen molar-refractivity contribution in [3.05, 3.63) is 131 Å². The average Bonchev–Trinajstić information content (AvgIpc) is 3.84. The van der Waals surface area contributed by atoms with E-state index in [1.54, 1.807) is 21.9 Å². The van der Waals surface area contributed by atoms with Gasteiger partial charge >= 0.3 is 0 Å². The van der Waals surface area contributed by atoms with Gasteiger partial charge in [0.05, 0.1) is 10.8 Å². The first kappa shape index (κ1) is 31.0. The van der Waals surface area contributed by atoms with E-state index in [1.165, 1.54) is 24.3 Å². The molecule has 10 rings (SSSR count). The minimum Gasteiger partial charge on any atom is -0.364 e. The number of piperazine rings is 2. The quantitative estimate of drug-likeness (QED) is 0.254. The Hall–Kier alpha value is -5.78. The fourth-order valence-electron chi connectivity index (χ4n) is 10.4. The smallest absolute Gasteiger partial charge is 0.247 e. The van der Waals surface area contributed by atoms with Gasteiger partial charge in [-0.1, -0.05) is 72.8 Å². The van der Waals surface area contributed by atoms with Crippen molar-refractivity contribution in [2.24, 2.45) is 0 Å². The predicted octanol–water partition coefficient (Wildman–Crippen LogP) is 3.33. The molecule has 0 aliphatic carbocycles. The highest BCUT2D eigenvalue weighted by Gasteiger charge is 2.78. The van der Waals surface area contributed by atoms with Gasteiger partial charge in [-0.25, -0.2) is 8.78 Å². The van der Waals surface area contributed by atoms with Crippen LogP contribution in [0, 0.1) is 11.6 Å². The Morgan fingerprint density at radius 3 is 1.37 bits per heavy atom. The molecule has 6 heterocycles. The van der Waals surface area contributed by atoms with Gasteiger partial charge in [-0.15, -0.1) is 0 Å². The molecule has 52 heavy (non-hydrogen) atoms. The Morgan fingerprint density at radius 2 is 0.962 bits per heavy atom. The Balaban J connectivity index is 1.14. The van der Waals surface area contributed by atoms with Crippen LogP contribution in [0.4, 0.5) is 20.2 Å². The van der Waals surface area contributed by atoms with Crippen LogP contribution >= 0.6 is 0 Å². The Bertz CT molecular complexity index is 2050. The molecule has 4 N–H and O–H groups in total. The molecule has 0 spiro atoms. The summed E-state index contributed by atoms with van der Waals surface area (Å²) in [5, 5.41) is 12.9. The van der Waals surface area contributed by atoms with Crippen molar-refractivity contribution in [1.29, 1.82) is 0 Å². The van der Waals surface area contributed by atoms with E-state index in [9.17, 15) is 28.0 Å². The molecule has 4 aromatic rings. The largest absolute Gasteiger partial charge is 0.364 e. The number of nitrogens with zero attached hydrogens (tertiary/aromatic N) is 2. The Labute approximate surface area is 297 Å². The maximum Gasteiger partial charge on any atom is 0.247 e. The molecule has 0 saturated carbocycles. The van der Waals surface area contributed by atoms with Crippen molar-refractivity contribution < 1.29 is 28.0 Å². The second-order valence-electron chi connectivity index (χ2n) is 14.8. The zero-order valence-electron chi connectivity index (χ0n) is 27.8. The molecule has 10 nitrogen and oxygen atoms in total. The van der Waals surface area contributed by atoms with Crippen LogP contribution in [0.1, 0.15) is 35.1 Å². The molecule has 0 bridgehead atoms. The van der Waals surface area contributed by atoms with Crippen LogP contribution in [0.2, 0.25) is 0 Å². The number of fused-ring (bicyclic) bond motifs is 11. The molecule has 12 heteroatoms. The molecule has 0 aromatic heterocycles. The Kier molecular flexibility index (Phi) is 6.48. The lowest BCUT2D eigenvalue weighted by Crippen LogP contribution is -2.67. The van der Waals surface area contributed by atoms with E-state index in [1.807, 2.05) is 60.7 Å². The summed E-state index contributed by atoms with van der Waals surface area (Å²) in [4.78, 5) is 60.8. The summed E-state index contributed by atoms with van der Waals surface area (Å²) in [6.45, 7) is 0. The number of rotatable bonds is 5. The van der Waals surface area contributed by atoms with Crippen LogP contribution in [0.15, 0.2) is 97.1 Å². The number of carbonyl (C=O) groups excluding carboxylic acids is 4. The molecule has 4 fully saturated rings. The normalized spacial score (nSPS) is 32.1. The van der Waals surface area contributed by atoms with E-state index >= 15 is 0 Å². The van der Waals surface area contributed by atoms with Crippen molar-refractivity contribution in [3.8, 4) is 0 Å². The van der Waals surface area contributed by atoms with Gasteiger partial charge in [-0.05, 0) is 59.4 Å². The first-order chi connectivity index (χ1) is 25.2. The van der Waals surface area contributed by atoms with Gasteiger partial charge < -0.3 is 31.1 Å². The van der Waals surface area contributed by atoms with Gasteiger partial charge in [0.15, 0.2) is 0 Å². The third-order valence-electron chi connectivity index (χ3n) is 12.4. The van der Waals surface area contributed by atoms with Crippen LogP contribution in [0.5, 0.6) is 0 Å². The maximum absolute atomic E-state index is 15.0. The third kappa shape index (κ3) is 4.03. The molecular weight excluding hydrogens is 666 g/mol. The first-order valence-corrected chi connectivity index (χ1v) is 17.7. The highest BCUT2D eigenvalue weighted by Crippen LogP contribution is 2.69. The van der Waals surface area contributed by atoms with E-state index in [4.69, 9.17) is 0 Å². The number of halogens is 2.